The second-order valence-corrected chi connectivity index (χ2v) is 4.07. The lowest BCUT2D eigenvalue weighted by molar-refractivity contribution is 0.401. The molecule has 6 heteroatoms. The summed E-state index contributed by atoms with van der Waals surface area (Å²) in [7, 11) is 1.55. The molecule has 0 aliphatic carbocycles. The van der Waals surface area contributed by atoms with Crippen molar-refractivity contribution in [3.8, 4) is 17.0 Å². The predicted molar refractivity (Wildman–Crippen MR) is 68.4 cm³/mol. The van der Waals surface area contributed by atoms with E-state index in [1.807, 2.05) is 0 Å². The van der Waals surface area contributed by atoms with Crippen LogP contribution in [0.15, 0.2) is 24.5 Å². The molecule has 3 heterocycles. The van der Waals surface area contributed by atoms with Gasteiger partial charge in [0.15, 0.2) is 0 Å². The number of methoxy groups -OCH3 is 1. The number of hydrogen-bond donors (Lipinski definition) is 1. The zero-order valence-corrected chi connectivity index (χ0v) is 10.4. The van der Waals surface area contributed by atoms with Gasteiger partial charge < -0.3 is 9.72 Å². The van der Waals surface area contributed by atoms with Crippen molar-refractivity contribution in [3.63, 3.8) is 0 Å². The van der Waals surface area contributed by atoms with Crippen molar-refractivity contribution in [2.75, 3.05) is 7.11 Å². The summed E-state index contributed by atoms with van der Waals surface area (Å²) in [5, 5.41) is 0.735. The lowest BCUT2D eigenvalue weighted by Gasteiger charge is -2.04. The number of hydrogen-bond acceptors (Lipinski definition) is 4. The van der Waals surface area contributed by atoms with Crippen LogP contribution in [0.1, 0.15) is 5.82 Å². The van der Waals surface area contributed by atoms with E-state index in [1.54, 1.807) is 26.3 Å². The first-order chi connectivity index (χ1) is 9.19. The van der Waals surface area contributed by atoms with Crippen LogP contribution in [0.2, 0.25) is 0 Å². The Bertz CT molecular complexity index is 753. The van der Waals surface area contributed by atoms with E-state index in [-0.39, 0.29) is 0 Å². The van der Waals surface area contributed by atoms with Gasteiger partial charge in [-0.1, -0.05) is 0 Å². The van der Waals surface area contributed by atoms with Gasteiger partial charge in [0.2, 0.25) is 11.8 Å². The third kappa shape index (κ3) is 1.91. The van der Waals surface area contributed by atoms with Gasteiger partial charge in [0.25, 0.3) is 0 Å². The van der Waals surface area contributed by atoms with Gasteiger partial charge in [-0.3, -0.25) is 0 Å². The number of pyridine rings is 1. The minimum atomic E-state index is -0.529. The number of nitrogens with zero attached hydrogens (tertiary/aromatic N) is 3. The van der Waals surface area contributed by atoms with Crippen molar-refractivity contribution in [3.05, 3.63) is 36.3 Å². The van der Waals surface area contributed by atoms with Crippen molar-refractivity contribution in [2.45, 2.75) is 6.92 Å². The lowest BCUT2D eigenvalue weighted by Crippen LogP contribution is -1.95. The first-order valence-corrected chi connectivity index (χ1v) is 5.70. The predicted octanol–water partition coefficient (Wildman–Crippen LogP) is 2.48. The average Bonchev–Trinajstić information content (AvgIpc) is 2.81. The molecular formula is C13H11FN4O. The van der Waals surface area contributed by atoms with Crippen LogP contribution in [0.4, 0.5) is 4.39 Å². The minimum Gasteiger partial charge on any atom is -0.480 e. The van der Waals surface area contributed by atoms with Gasteiger partial charge in [0, 0.05) is 24.0 Å². The van der Waals surface area contributed by atoms with Crippen LogP contribution in [-0.4, -0.2) is 27.0 Å². The number of ether oxygens (including phenoxy) is 1. The fraction of sp³-hybridized carbons (Fsp3) is 0.154. The van der Waals surface area contributed by atoms with Crippen molar-refractivity contribution in [1.82, 2.24) is 19.9 Å². The molecule has 1 N–H and O–H groups in total. The topological polar surface area (TPSA) is 63.7 Å². The van der Waals surface area contributed by atoms with Gasteiger partial charge >= 0.3 is 0 Å². The Kier molecular flexibility index (Phi) is 2.63. The molecule has 0 saturated carbocycles. The highest BCUT2D eigenvalue weighted by Crippen LogP contribution is 2.33. The smallest absolute Gasteiger partial charge is 0.226 e. The van der Waals surface area contributed by atoms with E-state index in [0.29, 0.717) is 22.9 Å². The van der Waals surface area contributed by atoms with Crippen LogP contribution < -0.4 is 4.74 Å². The number of halogens is 1. The Morgan fingerprint density at radius 3 is 2.89 bits per heavy atom. The maximum atomic E-state index is 13.2. The molecule has 0 spiro atoms. The summed E-state index contributed by atoms with van der Waals surface area (Å²) in [6, 6.07) is 3.09. The van der Waals surface area contributed by atoms with Crippen LogP contribution in [0.25, 0.3) is 22.2 Å². The van der Waals surface area contributed by atoms with Crippen molar-refractivity contribution in [1.29, 1.82) is 0 Å². The second-order valence-electron chi connectivity index (χ2n) is 4.07. The molecule has 0 saturated heterocycles. The molecule has 3 aromatic rings. The maximum Gasteiger partial charge on any atom is 0.226 e. The minimum absolute atomic E-state index is 0.468. The zero-order chi connectivity index (χ0) is 13.4. The zero-order valence-electron chi connectivity index (χ0n) is 10.4. The summed E-state index contributed by atoms with van der Waals surface area (Å²) in [6.07, 6.45) is 3.18. The van der Waals surface area contributed by atoms with Gasteiger partial charge in [-0.05, 0) is 18.6 Å². The second kappa shape index (κ2) is 4.31. The number of aromatic amines is 1. The number of aromatic nitrogens is 4. The number of rotatable bonds is 2. The van der Waals surface area contributed by atoms with Gasteiger partial charge in [-0.2, -0.15) is 9.37 Å². The van der Waals surface area contributed by atoms with E-state index in [0.717, 1.165) is 10.9 Å². The summed E-state index contributed by atoms with van der Waals surface area (Å²) >= 11 is 0. The standard InChI is InChI=1S/C13H11FN4O/c1-7-17-12-11(13(18-7)19-2)9(6-16-12)8-3-4-15-10(14)5-8/h3-6H,1-2H3,(H,16,17,18). The van der Waals surface area contributed by atoms with E-state index in [4.69, 9.17) is 4.74 Å². The molecule has 19 heavy (non-hydrogen) atoms. The first kappa shape index (κ1) is 11.6. The van der Waals surface area contributed by atoms with E-state index < -0.39 is 5.95 Å². The Labute approximate surface area is 108 Å². The van der Waals surface area contributed by atoms with Crippen molar-refractivity contribution >= 4 is 11.0 Å². The number of fused-ring (bicyclic) bond motifs is 1. The monoisotopic (exact) mass is 258 g/mol. The highest BCUT2D eigenvalue weighted by molar-refractivity contribution is 5.97. The summed E-state index contributed by atoms with van der Waals surface area (Å²) < 4.78 is 18.5. The number of aryl methyl sites for hydroxylation is 1. The maximum absolute atomic E-state index is 13.2. The molecule has 5 nitrogen and oxygen atoms in total. The third-order valence-electron chi connectivity index (χ3n) is 2.84. The SMILES string of the molecule is COc1nc(C)nc2[nH]cc(-c3ccnc(F)c3)c12. The van der Waals surface area contributed by atoms with E-state index in [1.165, 1.54) is 12.3 Å². The van der Waals surface area contributed by atoms with Gasteiger partial charge in [0.05, 0.1) is 12.5 Å². The Morgan fingerprint density at radius 1 is 1.32 bits per heavy atom. The Morgan fingerprint density at radius 2 is 2.16 bits per heavy atom. The molecule has 0 aliphatic rings. The lowest BCUT2D eigenvalue weighted by atomic mass is 10.1. The summed E-state index contributed by atoms with van der Waals surface area (Å²) in [5.41, 5.74) is 2.15. The summed E-state index contributed by atoms with van der Waals surface area (Å²) in [6.45, 7) is 1.79. The van der Waals surface area contributed by atoms with Crippen LogP contribution >= 0.6 is 0 Å². The van der Waals surface area contributed by atoms with Gasteiger partial charge in [-0.15, -0.1) is 0 Å². The molecule has 0 atom stereocenters. The summed E-state index contributed by atoms with van der Waals surface area (Å²) in [4.78, 5) is 15.1. The summed E-state index contributed by atoms with van der Waals surface area (Å²) in [5.74, 6) is 0.550. The quantitative estimate of drug-likeness (QED) is 0.717. The molecule has 0 bridgehead atoms. The first-order valence-electron chi connectivity index (χ1n) is 5.70. The highest BCUT2D eigenvalue weighted by Gasteiger charge is 2.14. The third-order valence-corrected chi connectivity index (χ3v) is 2.84. The Hall–Kier alpha value is -2.50. The number of nitrogens with one attached hydrogen (secondary N) is 1. The molecule has 0 aliphatic heterocycles. The molecule has 0 radical (unpaired) electrons. The highest BCUT2D eigenvalue weighted by atomic mass is 19.1. The van der Waals surface area contributed by atoms with Crippen LogP contribution in [-0.2, 0) is 0 Å². The molecule has 0 aromatic carbocycles. The molecule has 3 aromatic heterocycles. The molecule has 3 rings (SSSR count). The van der Waals surface area contributed by atoms with Crippen molar-refractivity contribution in [2.24, 2.45) is 0 Å². The average molecular weight is 258 g/mol. The van der Waals surface area contributed by atoms with E-state index in [9.17, 15) is 4.39 Å². The molecule has 0 unspecified atom stereocenters. The molecule has 96 valence electrons. The number of H-pyrrole nitrogens is 1. The largest absolute Gasteiger partial charge is 0.480 e. The van der Waals surface area contributed by atoms with E-state index in [2.05, 4.69) is 19.9 Å². The fourth-order valence-corrected chi connectivity index (χ4v) is 2.05. The van der Waals surface area contributed by atoms with Gasteiger partial charge in [0.1, 0.15) is 11.5 Å². The van der Waals surface area contributed by atoms with Crippen LogP contribution in [0.5, 0.6) is 5.88 Å². The molecule has 0 fully saturated rings. The van der Waals surface area contributed by atoms with Crippen LogP contribution in [0.3, 0.4) is 0 Å². The van der Waals surface area contributed by atoms with Crippen LogP contribution in [0, 0.1) is 12.9 Å². The normalized spacial score (nSPS) is 10.9. The van der Waals surface area contributed by atoms with Gasteiger partial charge in [-0.25, -0.2) is 9.97 Å². The Balaban J connectivity index is 2.31. The van der Waals surface area contributed by atoms with Crippen molar-refractivity contribution < 1.29 is 9.13 Å². The van der Waals surface area contributed by atoms with E-state index >= 15 is 0 Å². The molecular weight excluding hydrogens is 247 g/mol. The molecule has 0 amide bonds. The fourth-order valence-electron chi connectivity index (χ4n) is 2.05.